The SMILES string of the molecule is Cn1cnc(C(=O)N(Cc2cccc(OC(F)(F)F)c2)CC2C3CN(Cc4ccc(Oc5ccccc5)cc4)CC32)c1. The molecule has 1 aliphatic carbocycles. The number of hydrogen-bond donors (Lipinski definition) is 0. The molecule has 2 unspecified atom stereocenters. The number of carbonyl (C=O) groups excluding carboxylic acids is 1. The second kappa shape index (κ2) is 11.5. The largest absolute Gasteiger partial charge is 0.573 e. The second-order valence-corrected chi connectivity index (χ2v) is 11.0. The number of hydrogen-bond acceptors (Lipinski definition) is 5. The average Bonchev–Trinajstić information content (AvgIpc) is 3.26. The van der Waals surface area contributed by atoms with Gasteiger partial charge in [-0.25, -0.2) is 4.98 Å². The van der Waals surface area contributed by atoms with Crippen LogP contribution in [0, 0.1) is 17.8 Å². The van der Waals surface area contributed by atoms with Gasteiger partial charge in [-0.1, -0.05) is 42.5 Å². The van der Waals surface area contributed by atoms with Crippen LogP contribution in [0.2, 0.25) is 0 Å². The van der Waals surface area contributed by atoms with Gasteiger partial charge in [0.2, 0.25) is 0 Å². The number of aromatic nitrogens is 2. The van der Waals surface area contributed by atoms with E-state index in [9.17, 15) is 18.0 Å². The highest BCUT2D eigenvalue weighted by Crippen LogP contribution is 2.52. The molecule has 0 radical (unpaired) electrons. The summed E-state index contributed by atoms with van der Waals surface area (Å²) in [4.78, 5) is 21.8. The first-order valence-electron chi connectivity index (χ1n) is 13.9. The number of carbonyl (C=O) groups is 1. The zero-order valence-electron chi connectivity index (χ0n) is 23.1. The van der Waals surface area contributed by atoms with E-state index in [0.29, 0.717) is 35.6 Å². The van der Waals surface area contributed by atoms with Crippen LogP contribution in [0.5, 0.6) is 17.2 Å². The second-order valence-electron chi connectivity index (χ2n) is 11.0. The quantitative estimate of drug-likeness (QED) is 0.227. The minimum atomic E-state index is -4.78. The van der Waals surface area contributed by atoms with Crippen LogP contribution in [-0.4, -0.2) is 51.3 Å². The molecule has 1 aliphatic heterocycles. The zero-order valence-corrected chi connectivity index (χ0v) is 23.1. The van der Waals surface area contributed by atoms with Crippen molar-refractivity contribution in [1.29, 1.82) is 0 Å². The molecule has 1 saturated heterocycles. The number of nitrogens with zero attached hydrogens (tertiary/aromatic N) is 4. The highest BCUT2D eigenvalue weighted by Gasteiger charge is 2.55. The van der Waals surface area contributed by atoms with Crippen LogP contribution in [0.25, 0.3) is 0 Å². The van der Waals surface area contributed by atoms with Crippen LogP contribution in [0.4, 0.5) is 13.2 Å². The minimum absolute atomic E-state index is 0.168. The summed E-state index contributed by atoms with van der Waals surface area (Å²) < 4.78 is 50.0. The van der Waals surface area contributed by atoms with E-state index in [1.54, 1.807) is 35.1 Å². The molecule has 3 aromatic carbocycles. The molecule has 2 aliphatic rings. The molecule has 0 N–H and O–H groups in total. The van der Waals surface area contributed by atoms with E-state index in [-0.39, 0.29) is 18.2 Å². The lowest BCUT2D eigenvalue weighted by Gasteiger charge is -2.25. The van der Waals surface area contributed by atoms with Gasteiger partial charge in [-0.05, 0) is 65.3 Å². The van der Waals surface area contributed by atoms with Crippen molar-refractivity contribution in [2.45, 2.75) is 19.5 Å². The molecule has 2 fully saturated rings. The molecule has 218 valence electrons. The number of ether oxygens (including phenoxy) is 2. The Morgan fingerprint density at radius 3 is 2.29 bits per heavy atom. The number of rotatable bonds is 10. The van der Waals surface area contributed by atoms with Gasteiger partial charge in [0.05, 0.1) is 6.33 Å². The van der Waals surface area contributed by atoms with E-state index in [1.807, 2.05) is 42.5 Å². The Balaban J connectivity index is 1.06. The molecular weight excluding hydrogens is 545 g/mol. The molecule has 1 aromatic heterocycles. The summed E-state index contributed by atoms with van der Waals surface area (Å²) in [6.07, 6.45) is -1.56. The lowest BCUT2D eigenvalue weighted by molar-refractivity contribution is -0.274. The molecule has 0 bridgehead atoms. The highest BCUT2D eigenvalue weighted by atomic mass is 19.4. The summed E-state index contributed by atoms with van der Waals surface area (Å²) in [7, 11) is 1.79. The normalized spacial score (nSPS) is 19.8. The number of piperidine rings is 1. The first-order chi connectivity index (χ1) is 20.2. The molecule has 1 amide bonds. The molecule has 1 saturated carbocycles. The molecule has 7 nitrogen and oxygen atoms in total. The summed E-state index contributed by atoms with van der Waals surface area (Å²) in [5, 5.41) is 0. The number of benzene rings is 3. The van der Waals surface area contributed by atoms with Crippen molar-refractivity contribution in [3.05, 3.63) is 108 Å². The molecule has 0 spiro atoms. The van der Waals surface area contributed by atoms with Crippen molar-refractivity contribution in [2.75, 3.05) is 19.6 Å². The number of amides is 1. The third-order valence-electron chi connectivity index (χ3n) is 7.90. The Hall–Kier alpha value is -4.31. The Labute approximate surface area is 242 Å². The summed E-state index contributed by atoms with van der Waals surface area (Å²) in [6, 6.07) is 23.6. The monoisotopic (exact) mass is 576 g/mol. The molecule has 42 heavy (non-hydrogen) atoms. The number of para-hydroxylation sites is 1. The van der Waals surface area contributed by atoms with Crippen molar-refractivity contribution < 1.29 is 27.4 Å². The van der Waals surface area contributed by atoms with Crippen molar-refractivity contribution in [1.82, 2.24) is 19.4 Å². The average molecular weight is 577 g/mol. The standard InChI is InChI=1S/C32H31F3N4O3/c1-37-20-30(36-21-37)31(40)39(16-23-6-5-9-26(14-23)42-32(33,34)35)19-29-27-17-38(18-28(27)29)15-22-10-12-25(13-11-22)41-24-7-3-2-4-8-24/h2-14,20-21,27-29H,15-19H2,1H3. The van der Waals surface area contributed by atoms with Crippen molar-refractivity contribution >= 4 is 5.91 Å². The van der Waals surface area contributed by atoms with Gasteiger partial charge in [0, 0.05) is 46.0 Å². The van der Waals surface area contributed by atoms with E-state index >= 15 is 0 Å². The highest BCUT2D eigenvalue weighted by molar-refractivity contribution is 5.92. The summed E-state index contributed by atoms with van der Waals surface area (Å²) in [5.41, 5.74) is 2.08. The van der Waals surface area contributed by atoms with Gasteiger partial charge >= 0.3 is 6.36 Å². The van der Waals surface area contributed by atoms with Crippen LogP contribution in [0.15, 0.2) is 91.4 Å². The Morgan fingerprint density at radius 1 is 0.929 bits per heavy atom. The van der Waals surface area contributed by atoms with Crippen molar-refractivity contribution in [2.24, 2.45) is 24.8 Å². The maximum atomic E-state index is 13.4. The smallest absolute Gasteiger partial charge is 0.457 e. The lowest BCUT2D eigenvalue weighted by atomic mass is 10.1. The zero-order chi connectivity index (χ0) is 29.3. The fraction of sp³-hybridized carbons (Fsp3) is 0.312. The van der Waals surface area contributed by atoms with Crippen LogP contribution in [-0.2, 0) is 20.1 Å². The number of aryl methyl sites for hydroxylation is 1. The first-order valence-corrected chi connectivity index (χ1v) is 13.9. The number of likely N-dealkylation sites (tertiary alicyclic amines) is 1. The van der Waals surface area contributed by atoms with Crippen LogP contribution < -0.4 is 9.47 Å². The van der Waals surface area contributed by atoms with Gasteiger partial charge < -0.3 is 18.9 Å². The lowest BCUT2D eigenvalue weighted by Crippen LogP contribution is -2.35. The Morgan fingerprint density at radius 2 is 1.62 bits per heavy atom. The fourth-order valence-corrected chi connectivity index (χ4v) is 5.90. The van der Waals surface area contributed by atoms with E-state index < -0.39 is 6.36 Å². The van der Waals surface area contributed by atoms with Gasteiger partial charge in [0.15, 0.2) is 0 Å². The topological polar surface area (TPSA) is 59.8 Å². The molecule has 6 rings (SSSR count). The molecule has 2 heterocycles. The molecule has 4 aromatic rings. The summed E-state index contributed by atoms with van der Waals surface area (Å²) in [6.45, 7) is 3.42. The van der Waals surface area contributed by atoms with E-state index in [2.05, 4.69) is 26.8 Å². The van der Waals surface area contributed by atoms with Crippen LogP contribution in [0.1, 0.15) is 21.6 Å². The van der Waals surface area contributed by atoms with Gasteiger partial charge in [-0.3, -0.25) is 9.69 Å². The maximum Gasteiger partial charge on any atom is 0.573 e. The third-order valence-corrected chi connectivity index (χ3v) is 7.90. The van der Waals surface area contributed by atoms with Crippen molar-refractivity contribution in [3.8, 4) is 17.2 Å². The van der Waals surface area contributed by atoms with E-state index in [1.165, 1.54) is 23.8 Å². The Bertz CT molecular complexity index is 1510. The third kappa shape index (κ3) is 6.76. The summed E-state index contributed by atoms with van der Waals surface area (Å²) in [5.74, 6) is 2.34. The molecule has 10 heteroatoms. The van der Waals surface area contributed by atoms with Gasteiger partial charge in [-0.15, -0.1) is 13.2 Å². The van der Waals surface area contributed by atoms with E-state index in [0.717, 1.165) is 31.1 Å². The maximum absolute atomic E-state index is 13.4. The van der Waals surface area contributed by atoms with Crippen LogP contribution in [0.3, 0.4) is 0 Å². The van der Waals surface area contributed by atoms with Gasteiger partial charge in [-0.2, -0.15) is 0 Å². The first kappa shape index (κ1) is 27.8. The predicted octanol–water partition coefficient (Wildman–Crippen LogP) is 6.13. The minimum Gasteiger partial charge on any atom is -0.457 e. The number of halogens is 3. The van der Waals surface area contributed by atoms with E-state index in [4.69, 9.17) is 4.74 Å². The van der Waals surface area contributed by atoms with Gasteiger partial charge in [0.25, 0.3) is 5.91 Å². The molecular formula is C32H31F3N4O3. The fourth-order valence-electron chi connectivity index (χ4n) is 5.90. The van der Waals surface area contributed by atoms with Crippen molar-refractivity contribution in [3.63, 3.8) is 0 Å². The predicted molar refractivity (Wildman–Crippen MR) is 150 cm³/mol. The Kier molecular flexibility index (Phi) is 7.64. The molecule has 2 atom stereocenters. The number of fused-ring (bicyclic) bond motifs is 1. The van der Waals surface area contributed by atoms with Crippen LogP contribution >= 0.6 is 0 Å². The van der Waals surface area contributed by atoms with Gasteiger partial charge in [0.1, 0.15) is 22.9 Å². The number of alkyl halides is 3. The number of imidazole rings is 1. The summed E-state index contributed by atoms with van der Waals surface area (Å²) >= 11 is 0.